The molecule has 63 heavy (non-hydrogen) atoms. The Balaban J connectivity index is 0.00000612. The molecule has 0 spiro atoms. The monoisotopic (exact) mass is 834 g/mol. The second kappa shape index (κ2) is 20.0. The van der Waals surface area contributed by atoms with Crippen LogP contribution in [-0.4, -0.2) is 18.9 Å². The molecule has 8 aromatic carbocycles. The lowest BCUT2D eigenvalue weighted by molar-refractivity contribution is -0.135. The summed E-state index contributed by atoms with van der Waals surface area (Å²) in [5, 5.41) is 22.9. The quantitative estimate of drug-likeness (QED) is 0.0418. The highest BCUT2D eigenvalue weighted by Gasteiger charge is 2.19. The van der Waals surface area contributed by atoms with E-state index in [1.165, 1.54) is 95.4 Å². The van der Waals surface area contributed by atoms with Gasteiger partial charge < -0.3 is 21.3 Å². The number of amides is 2. The van der Waals surface area contributed by atoms with Crippen molar-refractivity contribution in [2.24, 2.45) is 0 Å². The molecule has 322 valence electrons. The van der Waals surface area contributed by atoms with Gasteiger partial charge in [-0.3, -0.25) is 9.59 Å². The van der Waals surface area contributed by atoms with E-state index < -0.39 is 11.8 Å². The van der Waals surface area contributed by atoms with E-state index >= 15 is 0 Å². The number of unbranched alkanes of at least 4 members (excludes halogenated alkanes) is 6. The molecule has 0 aliphatic rings. The number of hydrogen-bond acceptors (Lipinski definition) is 4. The molecule has 8 rings (SSSR count). The van der Waals surface area contributed by atoms with Gasteiger partial charge in [-0.2, -0.15) is 0 Å². The molecule has 6 heteroatoms. The van der Waals surface area contributed by atoms with Gasteiger partial charge in [0.25, 0.3) is 0 Å². The van der Waals surface area contributed by atoms with Gasteiger partial charge >= 0.3 is 11.8 Å². The topological polar surface area (TPSA) is 82.3 Å². The van der Waals surface area contributed by atoms with Crippen LogP contribution in [0.4, 0.5) is 28.4 Å². The fraction of sp³-hybridized carbons (Fsp3) is 0.263. The van der Waals surface area contributed by atoms with Crippen molar-refractivity contribution in [3.8, 4) is 0 Å². The van der Waals surface area contributed by atoms with Crippen molar-refractivity contribution < 1.29 is 11.0 Å². The second-order valence-corrected chi connectivity index (χ2v) is 17.0. The first-order valence-electron chi connectivity index (χ1n) is 23.0. The molecule has 0 unspecified atom stereocenters. The maximum Gasteiger partial charge on any atom is 0.313 e. The number of carbonyl (C=O) groups excluding carboxylic acids is 2. The maximum atomic E-state index is 13.1. The molecule has 0 aliphatic heterocycles. The highest BCUT2D eigenvalue weighted by molar-refractivity contribution is 6.40. The van der Waals surface area contributed by atoms with Gasteiger partial charge in [0.05, 0.1) is 22.7 Å². The lowest BCUT2D eigenvalue weighted by Crippen LogP contribution is -2.32. The third-order valence-corrected chi connectivity index (χ3v) is 12.6. The molecule has 0 heterocycles. The molecule has 2 amide bonds. The Labute approximate surface area is 374 Å². The van der Waals surface area contributed by atoms with E-state index in [1.807, 2.05) is 12.1 Å². The highest BCUT2D eigenvalue weighted by atomic mass is 16.2. The fourth-order valence-corrected chi connectivity index (χ4v) is 9.33. The predicted octanol–water partition coefficient (Wildman–Crippen LogP) is 14.9. The fourth-order valence-electron chi connectivity index (χ4n) is 9.33. The Morgan fingerprint density at radius 2 is 0.873 bits per heavy atom. The number of anilines is 5. The number of hydrogen-bond donors (Lipinski definition) is 4. The molecule has 0 saturated carbocycles. The molecular weight excluding hydrogens is 773 g/mol. The van der Waals surface area contributed by atoms with Gasteiger partial charge in [-0.1, -0.05) is 168 Å². The molecule has 0 saturated heterocycles. The first-order chi connectivity index (χ1) is 30.9. The van der Waals surface area contributed by atoms with Crippen LogP contribution >= 0.6 is 0 Å². The third kappa shape index (κ3) is 9.41. The summed E-state index contributed by atoms with van der Waals surface area (Å²) in [5.74, 6) is -1.42. The Morgan fingerprint density at radius 3 is 1.32 bits per heavy atom. The Bertz CT molecular complexity index is 2830. The zero-order chi connectivity index (χ0) is 43.7. The highest BCUT2D eigenvalue weighted by Crippen LogP contribution is 2.42. The van der Waals surface area contributed by atoms with E-state index in [0.29, 0.717) is 17.8 Å². The minimum Gasteiger partial charge on any atom is -0.354 e. The van der Waals surface area contributed by atoms with E-state index in [2.05, 4.69) is 163 Å². The number of carbonyl (C=O) groups is 2. The van der Waals surface area contributed by atoms with E-state index in [9.17, 15) is 9.59 Å². The van der Waals surface area contributed by atoms with E-state index in [-0.39, 0.29) is 1.43 Å². The summed E-state index contributed by atoms with van der Waals surface area (Å²) in [5.41, 5.74) is 10.6. The van der Waals surface area contributed by atoms with Crippen molar-refractivity contribution >= 4 is 83.3 Å². The summed E-state index contributed by atoms with van der Waals surface area (Å²) in [6, 6.07) is 47.6. The van der Waals surface area contributed by atoms with Gasteiger partial charge in [0.1, 0.15) is 0 Å². The van der Waals surface area contributed by atoms with E-state index in [4.69, 9.17) is 0 Å². The minimum atomic E-state index is -0.718. The summed E-state index contributed by atoms with van der Waals surface area (Å²) in [4.78, 5) is 25.5. The third-order valence-electron chi connectivity index (χ3n) is 12.6. The van der Waals surface area contributed by atoms with Gasteiger partial charge in [-0.05, 0) is 107 Å². The first kappa shape index (κ1) is 43.0. The smallest absolute Gasteiger partial charge is 0.313 e. The summed E-state index contributed by atoms with van der Waals surface area (Å²) in [6.07, 6.45) is 12.4. The normalized spacial score (nSPS) is 11.4. The average Bonchev–Trinajstić information content (AvgIpc) is 3.31. The maximum absolute atomic E-state index is 13.1. The van der Waals surface area contributed by atoms with Crippen LogP contribution in [0.2, 0.25) is 0 Å². The zero-order valence-electron chi connectivity index (χ0n) is 37.3. The molecule has 0 radical (unpaired) electrons. The lowest BCUT2D eigenvalue weighted by atomic mass is 9.91. The van der Waals surface area contributed by atoms with Crippen molar-refractivity contribution in [3.63, 3.8) is 0 Å². The van der Waals surface area contributed by atoms with Crippen molar-refractivity contribution in [3.05, 3.63) is 161 Å². The molecule has 0 fully saturated rings. The van der Waals surface area contributed by atoms with Crippen LogP contribution in [0, 0.1) is 6.92 Å². The molecule has 0 bridgehead atoms. The van der Waals surface area contributed by atoms with Crippen LogP contribution in [0.3, 0.4) is 0 Å². The van der Waals surface area contributed by atoms with Gasteiger partial charge in [-0.25, -0.2) is 0 Å². The average molecular weight is 835 g/mol. The summed E-state index contributed by atoms with van der Waals surface area (Å²) >= 11 is 0. The van der Waals surface area contributed by atoms with Crippen LogP contribution in [-0.2, 0) is 28.9 Å². The van der Waals surface area contributed by atoms with Crippen LogP contribution in [0.25, 0.3) is 43.1 Å². The SMILES string of the molecule is CCCCCCc1c2ccccc2c(Nc2cc(Cc3ccc(NC(=O)C(=O)NC)c(Nc4c5ccccc5c(CCCCCC)c5ccccc45)c3)ccc2C)c2ccccc12.[HH]. The molecule has 0 aromatic heterocycles. The molecule has 0 aliphatic carbocycles. The number of fused-ring (bicyclic) bond motifs is 4. The van der Waals surface area contributed by atoms with Gasteiger partial charge in [0, 0.05) is 35.7 Å². The van der Waals surface area contributed by atoms with E-state index in [1.54, 1.807) is 0 Å². The summed E-state index contributed by atoms with van der Waals surface area (Å²) < 4.78 is 0. The molecule has 6 nitrogen and oxygen atoms in total. The number of benzene rings is 8. The van der Waals surface area contributed by atoms with Crippen LogP contribution in [0.1, 0.15) is 94.5 Å². The standard InChI is InChI=1S/C57H60N4O2.H2/c1-5-7-9-11-21-41-43-23-13-17-27-47(43)54(48-28-18-14-24-44(41)48)59-52-36-39(32-31-38(52)3)35-40-33-34-51(61-57(63)56(62)58-4)53(37-40)60-55-49-29-19-15-25-45(49)42(22-12-10-8-6-2)46-26-16-20-30-50(46)55;/h13-20,23-34,36-37,59-60H,5-12,21-22,35H2,1-4H3,(H,58,62)(H,61,63);1H. The van der Waals surface area contributed by atoms with Crippen molar-refractivity contribution in [2.75, 3.05) is 23.0 Å². The van der Waals surface area contributed by atoms with Gasteiger partial charge in [-0.15, -0.1) is 0 Å². The van der Waals surface area contributed by atoms with Crippen LogP contribution in [0.5, 0.6) is 0 Å². The van der Waals surface area contributed by atoms with Crippen LogP contribution < -0.4 is 21.3 Å². The van der Waals surface area contributed by atoms with Crippen molar-refractivity contribution in [2.45, 2.75) is 91.4 Å². The Morgan fingerprint density at radius 1 is 0.460 bits per heavy atom. The number of nitrogens with one attached hydrogen (secondary N) is 4. The zero-order valence-corrected chi connectivity index (χ0v) is 37.3. The molecule has 0 atom stereocenters. The number of aryl methyl sites for hydroxylation is 3. The predicted molar refractivity (Wildman–Crippen MR) is 270 cm³/mol. The lowest BCUT2D eigenvalue weighted by Gasteiger charge is -2.21. The van der Waals surface area contributed by atoms with Gasteiger partial charge in [0.15, 0.2) is 0 Å². The Hall–Kier alpha value is -6.66. The van der Waals surface area contributed by atoms with Crippen molar-refractivity contribution in [1.29, 1.82) is 0 Å². The molecular formula is C57H62N4O2. The second-order valence-electron chi connectivity index (χ2n) is 17.0. The van der Waals surface area contributed by atoms with E-state index in [0.717, 1.165) is 63.8 Å². The largest absolute Gasteiger partial charge is 0.354 e. The summed E-state index contributed by atoms with van der Waals surface area (Å²) in [7, 11) is 1.46. The molecule has 4 N–H and O–H groups in total. The minimum absolute atomic E-state index is 0. The van der Waals surface area contributed by atoms with Gasteiger partial charge in [0.2, 0.25) is 0 Å². The molecule has 8 aromatic rings. The Kier molecular flexibility index (Phi) is 13.7. The van der Waals surface area contributed by atoms with Crippen molar-refractivity contribution in [1.82, 2.24) is 5.32 Å². The first-order valence-corrected chi connectivity index (χ1v) is 23.0. The van der Waals surface area contributed by atoms with Crippen LogP contribution in [0.15, 0.2) is 133 Å². The number of rotatable bonds is 17. The number of likely N-dealkylation sites (N-methyl/N-ethyl adjacent to an activating group) is 1. The summed E-state index contributed by atoms with van der Waals surface area (Å²) in [6.45, 7) is 6.68.